The summed E-state index contributed by atoms with van der Waals surface area (Å²) in [4.78, 5) is 3.24. The van der Waals surface area contributed by atoms with Gasteiger partial charge in [0.05, 0.1) is 7.11 Å². The Hall–Kier alpha value is -1.47. The van der Waals surface area contributed by atoms with Gasteiger partial charge < -0.3 is 14.1 Å². The van der Waals surface area contributed by atoms with Gasteiger partial charge >= 0.3 is 0 Å². The van der Waals surface area contributed by atoms with Crippen molar-refractivity contribution in [3.8, 4) is 22.6 Å². The van der Waals surface area contributed by atoms with Gasteiger partial charge in [-0.05, 0) is 52.7 Å². The Kier molecular flexibility index (Phi) is 5.39. The first-order chi connectivity index (χ1) is 12.2. The third-order valence-electron chi connectivity index (χ3n) is 4.41. The van der Waals surface area contributed by atoms with E-state index in [0.717, 1.165) is 22.6 Å². The van der Waals surface area contributed by atoms with Crippen LogP contribution in [0, 0.1) is 3.57 Å². The monoisotopic (exact) mass is 478 g/mol. The van der Waals surface area contributed by atoms with E-state index < -0.39 is 9.04 Å². The number of methoxy groups -OCH3 is 1. The van der Waals surface area contributed by atoms with Gasteiger partial charge in [-0.1, -0.05) is 39.0 Å². The van der Waals surface area contributed by atoms with E-state index >= 15 is 0 Å². The zero-order valence-corrected chi connectivity index (χ0v) is 19.3. The second-order valence-electron chi connectivity index (χ2n) is 7.66. The number of benzene rings is 2. The quantitative estimate of drug-likeness (QED) is 0.349. The lowest BCUT2D eigenvalue weighted by Gasteiger charge is -2.26. The standard InChI is InChI=1S/C21H25INO2Si/c1-21(2,3)17-9-7-14(19(20(17)24-4)25-26(5)6)13-8-10-18(22)16-12-23-11-15(13)16/h7-12,23H,1-6H3. The summed E-state index contributed by atoms with van der Waals surface area (Å²) in [6, 6.07) is 8.69. The molecular formula is C21H25INO2Si. The highest BCUT2D eigenvalue weighted by Gasteiger charge is 2.26. The van der Waals surface area contributed by atoms with Crippen LogP contribution in [-0.2, 0) is 5.41 Å². The van der Waals surface area contributed by atoms with Gasteiger partial charge in [-0.25, -0.2) is 0 Å². The minimum Gasteiger partial charge on any atom is -0.540 e. The van der Waals surface area contributed by atoms with Crippen LogP contribution < -0.4 is 9.16 Å². The molecule has 2 aromatic carbocycles. The zero-order chi connectivity index (χ0) is 19.1. The van der Waals surface area contributed by atoms with Gasteiger partial charge in [-0.2, -0.15) is 0 Å². The molecule has 0 saturated heterocycles. The van der Waals surface area contributed by atoms with E-state index in [2.05, 4.69) is 98.1 Å². The number of hydrogen-bond donors (Lipinski definition) is 1. The van der Waals surface area contributed by atoms with Crippen molar-refractivity contribution in [1.29, 1.82) is 0 Å². The summed E-state index contributed by atoms with van der Waals surface area (Å²) in [6.07, 6.45) is 4.11. The van der Waals surface area contributed by atoms with Crippen molar-refractivity contribution < 1.29 is 9.16 Å². The number of aromatic nitrogens is 1. The number of nitrogens with one attached hydrogen (secondary N) is 1. The number of hydrogen-bond acceptors (Lipinski definition) is 2. The first-order valence-corrected chi connectivity index (χ1v) is 12.2. The number of fused-ring (bicyclic) bond motifs is 1. The molecule has 1 radical (unpaired) electrons. The van der Waals surface area contributed by atoms with E-state index in [9.17, 15) is 0 Å². The van der Waals surface area contributed by atoms with Gasteiger partial charge in [0, 0.05) is 37.9 Å². The Balaban J connectivity index is 2.33. The Morgan fingerprint density at radius 1 is 0.923 bits per heavy atom. The molecule has 0 spiro atoms. The van der Waals surface area contributed by atoms with E-state index in [1.807, 2.05) is 0 Å². The predicted molar refractivity (Wildman–Crippen MR) is 120 cm³/mol. The molecule has 137 valence electrons. The van der Waals surface area contributed by atoms with Crippen molar-refractivity contribution in [2.75, 3.05) is 7.11 Å². The van der Waals surface area contributed by atoms with Gasteiger partial charge in [0.2, 0.25) is 0 Å². The summed E-state index contributed by atoms with van der Waals surface area (Å²) < 4.78 is 13.5. The van der Waals surface area contributed by atoms with Crippen molar-refractivity contribution >= 4 is 42.4 Å². The smallest absolute Gasteiger partial charge is 0.274 e. The molecule has 3 rings (SSSR count). The molecule has 0 atom stereocenters. The van der Waals surface area contributed by atoms with Crippen molar-refractivity contribution in [3.05, 3.63) is 45.8 Å². The molecule has 26 heavy (non-hydrogen) atoms. The molecule has 5 heteroatoms. The van der Waals surface area contributed by atoms with Crippen LogP contribution in [0.1, 0.15) is 26.3 Å². The SMILES string of the molecule is COc1c(C(C)(C)C)ccc(-c2ccc(I)c3c[nH]cc23)c1O[Si](C)C. The average Bonchev–Trinajstić information content (AvgIpc) is 3.04. The molecule has 1 heterocycles. The normalized spacial score (nSPS) is 12.0. The zero-order valence-electron chi connectivity index (χ0n) is 16.2. The number of rotatable bonds is 4. The Bertz CT molecular complexity index is 941. The average molecular weight is 478 g/mol. The first kappa shape index (κ1) is 19.3. The van der Waals surface area contributed by atoms with Gasteiger partial charge in [0.15, 0.2) is 11.5 Å². The molecule has 0 aliphatic heterocycles. The highest BCUT2D eigenvalue weighted by atomic mass is 127. The van der Waals surface area contributed by atoms with Crippen LogP contribution in [0.3, 0.4) is 0 Å². The van der Waals surface area contributed by atoms with Gasteiger partial charge in [0.25, 0.3) is 9.04 Å². The Morgan fingerprint density at radius 3 is 2.19 bits per heavy atom. The maximum absolute atomic E-state index is 6.38. The Labute approximate surface area is 171 Å². The molecule has 0 aliphatic carbocycles. The fraction of sp³-hybridized carbons (Fsp3) is 0.333. The molecule has 0 aliphatic rings. The first-order valence-electron chi connectivity index (χ1n) is 8.69. The number of aromatic amines is 1. The second kappa shape index (κ2) is 7.27. The third kappa shape index (κ3) is 3.51. The Morgan fingerprint density at radius 2 is 1.58 bits per heavy atom. The lowest BCUT2D eigenvalue weighted by Crippen LogP contribution is -2.17. The van der Waals surface area contributed by atoms with Crippen LogP contribution in [0.4, 0.5) is 0 Å². The summed E-state index contributed by atoms with van der Waals surface area (Å²) in [7, 11) is 0.789. The highest BCUT2D eigenvalue weighted by molar-refractivity contribution is 14.1. The largest absolute Gasteiger partial charge is 0.540 e. The molecule has 1 N–H and O–H groups in total. The number of halogens is 1. The lowest BCUT2D eigenvalue weighted by atomic mass is 9.84. The molecule has 3 aromatic rings. The van der Waals surface area contributed by atoms with Crippen LogP contribution in [0.15, 0.2) is 36.7 Å². The van der Waals surface area contributed by atoms with Crippen molar-refractivity contribution in [2.45, 2.75) is 39.3 Å². The molecule has 0 unspecified atom stereocenters. The minimum absolute atomic E-state index is 0.0220. The van der Waals surface area contributed by atoms with Crippen LogP contribution >= 0.6 is 22.6 Å². The van der Waals surface area contributed by atoms with Gasteiger partial charge in [-0.15, -0.1) is 0 Å². The molecule has 0 amide bonds. The van der Waals surface area contributed by atoms with Crippen LogP contribution in [0.5, 0.6) is 11.5 Å². The predicted octanol–water partition coefficient (Wildman–Crippen LogP) is 6.38. The number of ether oxygens (including phenoxy) is 1. The summed E-state index contributed by atoms with van der Waals surface area (Å²) in [6.45, 7) is 10.9. The highest BCUT2D eigenvalue weighted by Crippen LogP contribution is 2.46. The van der Waals surface area contributed by atoms with E-state index in [4.69, 9.17) is 9.16 Å². The molecule has 3 nitrogen and oxygen atoms in total. The number of H-pyrrole nitrogens is 1. The van der Waals surface area contributed by atoms with Crippen molar-refractivity contribution in [3.63, 3.8) is 0 Å². The van der Waals surface area contributed by atoms with Gasteiger partial charge in [0.1, 0.15) is 0 Å². The third-order valence-corrected chi connectivity index (χ3v) is 5.96. The fourth-order valence-corrected chi connectivity index (χ4v) is 4.47. The van der Waals surface area contributed by atoms with E-state index in [1.54, 1.807) is 7.11 Å². The van der Waals surface area contributed by atoms with Crippen molar-refractivity contribution in [2.24, 2.45) is 0 Å². The summed E-state index contributed by atoms with van der Waals surface area (Å²) in [5.74, 6) is 1.71. The topological polar surface area (TPSA) is 34.2 Å². The minimum atomic E-state index is -0.946. The van der Waals surface area contributed by atoms with Crippen molar-refractivity contribution in [1.82, 2.24) is 4.98 Å². The van der Waals surface area contributed by atoms with E-state index in [-0.39, 0.29) is 5.41 Å². The summed E-state index contributed by atoms with van der Waals surface area (Å²) in [5.41, 5.74) is 3.39. The molecule has 0 fully saturated rings. The van der Waals surface area contributed by atoms with Gasteiger partial charge in [-0.3, -0.25) is 0 Å². The molecular weight excluding hydrogens is 453 g/mol. The van der Waals surface area contributed by atoms with Crippen LogP contribution in [-0.4, -0.2) is 21.1 Å². The maximum Gasteiger partial charge on any atom is 0.274 e. The van der Waals surface area contributed by atoms with Crippen LogP contribution in [0.25, 0.3) is 21.9 Å². The lowest BCUT2D eigenvalue weighted by molar-refractivity contribution is 0.379. The second-order valence-corrected chi connectivity index (χ2v) is 10.8. The molecule has 0 saturated carbocycles. The van der Waals surface area contributed by atoms with E-state index in [1.165, 1.54) is 19.9 Å². The molecule has 1 aromatic heterocycles. The summed E-state index contributed by atoms with van der Waals surface area (Å²) >= 11 is 2.38. The molecule has 0 bridgehead atoms. The van der Waals surface area contributed by atoms with E-state index in [0.29, 0.717) is 0 Å². The summed E-state index contributed by atoms with van der Waals surface area (Å²) in [5, 5.41) is 2.43. The maximum atomic E-state index is 6.38. The van der Waals surface area contributed by atoms with Crippen LogP contribution in [0.2, 0.25) is 13.1 Å². The fourth-order valence-electron chi connectivity index (χ4n) is 3.23.